The molecular weight excluding hydrogens is 234 g/mol. The summed E-state index contributed by atoms with van der Waals surface area (Å²) in [7, 11) is 1.63. The van der Waals surface area contributed by atoms with Gasteiger partial charge in [-0.05, 0) is 17.7 Å². The molecule has 1 aliphatic heterocycles. The zero-order chi connectivity index (χ0) is 13.0. The lowest BCUT2D eigenvalue weighted by Gasteiger charge is -2.11. The van der Waals surface area contributed by atoms with E-state index < -0.39 is 0 Å². The number of methoxy groups -OCH3 is 1. The highest BCUT2D eigenvalue weighted by atomic mass is 16.6. The second kappa shape index (κ2) is 5.53. The SMILES string of the molecule is COc1ccc(C2CON=C2COC(C)=O)cc1. The predicted octanol–water partition coefficient (Wildman–Crippen LogP) is 1.73. The van der Waals surface area contributed by atoms with Crippen LogP contribution < -0.4 is 4.74 Å². The van der Waals surface area contributed by atoms with Crippen molar-refractivity contribution in [1.82, 2.24) is 0 Å². The number of nitrogens with zero attached hydrogens (tertiary/aromatic N) is 1. The van der Waals surface area contributed by atoms with Crippen LogP contribution in [0.3, 0.4) is 0 Å². The average molecular weight is 249 g/mol. The van der Waals surface area contributed by atoms with Crippen LogP contribution in [0, 0.1) is 0 Å². The van der Waals surface area contributed by atoms with E-state index in [0.717, 1.165) is 17.0 Å². The molecule has 2 rings (SSSR count). The lowest BCUT2D eigenvalue weighted by molar-refractivity contribution is -0.139. The highest BCUT2D eigenvalue weighted by molar-refractivity contribution is 5.93. The first-order chi connectivity index (χ1) is 8.70. The molecule has 0 bridgehead atoms. The van der Waals surface area contributed by atoms with Crippen LogP contribution in [0.1, 0.15) is 18.4 Å². The number of hydrogen-bond donors (Lipinski definition) is 0. The Morgan fingerprint density at radius 2 is 2.17 bits per heavy atom. The molecule has 5 heteroatoms. The van der Waals surface area contributed by atoms with Crippen LogP contribution in [0.25, 0.3) is 0 Å². The standard InChI is InChI=1S/C13H15NO4/c1-9(15)17-8-13-12(7-18-14-13)10-3-5-11(16-2)6-4-10/h3-6,12H,7-8H2,1-2H3. The predicted molar refractivity (Wildman–Crippen MR) is 65.8 cm³/mol. The summed E-state index contributed by atoms with van der Waals surface area (Å²) in [5, 5.41) is 3.92. The third kappa shape index (κ3) is 2.80. The number of benzene rings is 1. The van der Waals surface area contributed by atoms with Crippen molar-refractivity contribution in [1.29, 1.82) is 0 Å². The lowest BCUT2D eigenvalue weighted by atomic mass is 9.96. The first kappa shape index (κ1) is 12.4. The topological polar surface area (TPSA) is 57.1 Å². The van der Waals surface area contributed by atoms with Crippen LogP contribution >= 0.6 is 0 Å². The van der Waals surface area contributed by atoms with Crippen molar-refractivity contribution in [2.75, 3.05) is 20.3 Å². The van der Waals surface area contributed by atoms with Crippen LogP contribution in [0.15, 0.2) is 29.4 Å². The van der Waals surface area contributed by atoms with Gasteiger partial charge < -0.3 is 14.3 Å². The summed E-state index contributed by atoms with van der Waals surface area (Å²) < 4.78 is 10.1. The Bertz CT molecular complexity index is 453. The summed E-state index contributed by atoms with van der Waals surface area (Å²) in [6, 6.07) is 7.69. The van der Waals surface area contributed by atoms with Crippen LogP contribution in [-0.4, -0.2) is 32.0 Å². The van der Waals surface area contributed by atoms with Gasteiger partial charge in [0.25, 0.3) is 0 Å². The second-order valence-corrected chi connectivity index (χ2v) is 3.98. The maximum absolute atomic E-state index is 10.8. The zero-order valence-electron chi connectivity index (χ0n) is 10.4. The van der Waals surface area contributed by atoms with Crippen molar-refractivity contribution >= 4 is 11.7 Å². The van der Waals surface area contributed by atoms with E-state index in [1.165, 1.54) is 6.92 Å². The summed E-state index contributed by atoms with van der Waals surface area (Å²) in [6.45, 7) is 2.02. The van der Waals surface area contributed by atoms with Gasteiger partial charge in [-0.2, -0.15) is 0 Å². The molecule has 0 spiro atoms. The fourth-order valence-corrected chi connectivity index (χ4v) is 1.78. The van der Waals surface area contributed by atoms with Gasteiger partial charge in [0.1, 0.15) is 24.7 Å². The molecule has 1 unspecified atom stereocenters. The van der Waals surface area contributed by atoms with Gasteiger partial charge in [-0.15, -0.1) is 0 Å². The molecule has 0 fully saturated rings. The van der Waals surface area contributed by atoms with Gasteiger partial charge in [0.15, 0.2) is 0 Å². The largest absolute Gasteiger partial charge is 0.497 e. The molecule has 1 atom stereocenters. The summed E-state index contributed by atoms with van der Waals surface area (Å²) >= 11 is 0. The minimum atomic E-state index is -0.321. The highest BCUT2D eigenvalue weighted by Crippen LogP contribution is 2.25. The molecule has 0 radical (unpaired) electrons. The minimum absolute atomic E-state index is 0.0373. The molecule has 1 aliphatic rings. The van der Waals surface area contributed by atoms with Crippen molar-refractivity contribution < 1.29 is 19.1 Å². The van der Waals surface area contributed by atoms with Gasteiger partial charge in [-0.25, -0.2) is 0 Å². The maximum atomic E-state index is 10.8. The van der Waals surface area contributed by atoms with Crippen molar-refractivity contribution in [3.05, 3.63) is 29.8 Å². The lowest BCUT2D eigenvalue weighted by Crippen LogP contribution is -2.18. The van der Waals surface area contributed by atoms with Gasteiger partial charge in [0, 0.05) is 6.92 Å². The van der Waals surface area contributed by atoms with Crippen molar-refractivity contribution in [2.45, 2.75) is 12.8 Å². The minimum Gasteiger partial charge on any atom is -0.497 e. The molecule has 18 heavy (non-hydrogen) atoms. The van der Waals surface area contributed by atoms with Crippen LogP contribution in [-0.2, 0) is 14.4 Å². The van der Waals surface area contributed by atoms with Gasteiger partial charge >= 0.3 is 5.97 Å². The molecule has 1 aromatic carbocycles. The second-order valence-electron chi connectivity index (χ2n) is 3.98. The average Bonchev–Trinajstić information content (AvgIpc) is 2.85. The monoisotopic (exact) mass is 249 g/mol. The van der Waals surface area contributed by atoms with Crippen molar-refractivity contribution in [2.24, 2.45) is 5.16 Å². The normalized spacial score (nSPS) is 17.9. The smallest absolute Gasteiger partial charge is 0.303 e. The summed E-state index contributed by atoms with van der Waals surface area (Å²) in [4.78, 5) is 15.9. The third-order valence-corrected chi connectivity index (χ3v) is 2.77. The number of carbonyl (C=O) groups excluding carboxylic acids is 1. The van der Waals surface area contributed by atoms with Gasteiger partial charge in [-0.1, -0.05) is 17.3 Å². The number of oxime groups is 1. The van der Waals surface area contributed by atoms with Crippen LogP contribution in [0.5, 0.6) is 5.75 Å². The van der Waals surface area contributed by atoms with Crippen LogP contribution in [0.2, 0.25) is 0 Å². The van der Waals surface area contributed by atoms with E-state index in [0.29, 0.717) is 6.61 Å². The molecular formula is C13H15NO4. The van der Waals surface area contributed by atoms with E-state index in [9.17, 15) is 4.79 Å². The van der Waals surface area contributed by atoms with E-state index in [1.807, 2.05) is 24.3 Å². The number of esters is 1. The summed E-state index contributed by atoms with van der Waals surface area (Å²) in [6.07, 6.45) is 0. The summed E-state index contributed by atoms with van der Waals surface area (Å²) in [5.41, 5.74) is 1.80. The highest BCUT2D eigenvalue weighted by Gasteiger charge is 2.25. The fourth-order valence-electron chi connectivity index (χ4n) is 1.78. The van der Waals surface area contributed by atoms with E-state index in [1.54, 1.807) is 7.11 Å². The molecule has 0 amide bonds. The number of ether oxygens (including phenoxy) is 2. The Hall–Kier alpha value is -2.04. The van der Waals surface area contributed by atoms with Crippen LogP contribution in [0.4, 0.5) is 0 Å². The Morgan fingerprint density at radius 1 is 1.44 bits per heavy atom. The Labute approximate surface area is 105 Å². The van der Waals surface area contributed by atoms with E-state index >= 15 is 0 Å². The number of hydrogen-bond acceptors (Lipinski definition) is 5. The van der Waals surface area contributed by atoms with Gasteiger partial charge in [0.2, 0.25) is 0 Å². The Morgan fingerprint density at radius 3 is 2.78 bits per heavy atom. The molecule has 0 N–H and O–H groups in total. The summed E-state index contributed by atoms with van der Waals surface area (Å²) in [5.74, 6) is 0.518. The first-order valence-corrected chi connectivity index (χ1v) is 5.66. The fraction of sp³-hybridized carbons (Fsp3) is 0.385. The molecule has 1 heterocycles. The molecule has 0 saturated carbocycles. The molecule has 5 nitrogen and oxygen atoms in total. The third-order valence-electron chi connectivity index (χ3n) is 2.77. The molecule has 1 aromatic rings. The molecule has 0 saturated heterocycles. The van der Waals surface area contributed by atoms with E-state index in [-0.39, 0.29) is 18.5 Å². The Balaban J connectivity index is 2.07. The van der Waals surface area contributed by atoms with Crippen molar-refractivity contribution in [3.8, 4) is 5.75 Å². The quantitative estimate of drug-likeness (QED) is 0.762. The van der Waals surface area contributed by atoms with Gasteiger partial charge in [-0.3, -0.25) is 4.79 Å². The molecule has 96 valence electrons. The first-order valence-electron chi connectivity index (χ1n) is 5.66. The number of carbonyl (C=O) groups is 1. The molecule has 0 aromatic heterocycles. The molecule has 0 aliphatic carbocycles. The van der Waals surface area contributed by atoms with Gasteiger partial charge in [0.05, 0.1) is 13.0 Å². The van der Waals surface area contributed by atoms with E-state index in [2.05, 4.69) is 5.16 Å². The van der Waals surface area contributed by atoms with Crippen molar-refractivity contribution in [3.63, 3.8) is 0 Å². The zero-order valence-corrected chi connectivity index (χ0v) is 10.4. The maximum Gasteiger partial charge on any atom is 0.303 e. The van der Waals surface area contributed by atoms with E-state index in [4.69, 9.17) is 14.3 Å². The number of rotatable bonds is 4. The Kier molecular flexibility index (Phi) is 3.82.